The maximum absolute atomic E-state index is 13.5. The van der Waals surface area contributed by atoms with E-state index in [9.17, 15) is 18.7 Å². The summed E-state index contributed by atoms with van der Waals surface area (Å²) >= 11 is 0. The van der Waals surface area contributed by atoms with Crippen molar-refractivity contribution in [1.82, 2.24) is 4.90 Å². The van der Waals surface area contributed by atoms with Crippen LogP contribution in [0.2, 0.25) is 0 Å². The van der Waals surface area contributed by atoms with E-state index < -0.39 is 17.5 Å². The maximum Gasteiger partial charge on any atom is 0.257 e. The summed E-state index contributed by atoms with van der Waals surface area (Å²) in [6.45, 7) is 2.22. The van der Waals surface area contributed by atoms with Gasteiger partial charge in [0.05, 0.1) is 18.2 Å². The van der Waals surface area contributed by atoms with Crippen LogP contribution in [0.4, 0.5) is 8.78 Å². The molecule has 1 heterocycles. The van der Waals surface area contributed by atoms with Crippen LogP contribution in [0.15, 0.2) is 18.2 Å². The molecule has 0 aliphatic carbocycles. The van der Waals surface area contributed by atoms with Gasteiger partial charge in [-0.1, -0.05) is 6.92 Å². The van der Waals surface area contributed by atoms with Crippen molar-refractivity contribution in [1.29, 1.82) is 0 Å². The van der Waals surface area contributed by atoms with Crippen LogP contribution < -0.4 is 0 Å². The molecule has 1 aliphatic heterocycles. The Bertz CT molecular complexity index is 464. The van der Waals surface area contributed by atoms with Gasteiger partial charge in [-0.2, -0.15) is 0 Å². The van der Waals surface area contributed by atoms with Gasteiger partial charge in [0.15, 0.2) is 0 Å². The number of likely N-dealkylation sites (tertiary alicyclic amines) is 1. The normalized spacial score (nSPS) is 23.4. The van der Waals surface area contributed by atoms with Gasteiger partial charge in [0.25, 0.3) is 5.91 Å². The average Bonchev–Trinajstić information content (AvgIpc) is 2.72. The lowest BCUT2D eigenvalue weighted by atomic mass is 10.0. The Morgan fingerprint density at radius 2 is 2.22 bits per heavy atom. The Hall–Kier alpha value is -1.49. The van der Waals surface area contributed by atoms with E-state index in [2.05, 4.69) is 0 Å². The zero-order valence-corrected chi connectivity index (χ0v) is 10.1. The first-order valence-corrected chi connectivity index (χ1v) is 5.91. The molecular formula is C13H15F2NO2. The zero-order valence-electron chi connectivity index (χ0n) is 10.1. The topological polar surface area (TPSA) is 40.5 Å². The van der Waals surface area contributed by atoms with Crippen molar-refractivity contribution >= 4 is 5.91 Å². The van der Waals surface area contributed by atoms with Crippen molar-refractivity contribution in [3.8, 4) is 0 Å². The fraction of sp³-hybridized carbons (Fsp3) is 0.462. The van der Waals surface area contributed by atoms with E-state index in [0.717, 1.165) is 24.6 Å². The molecule has 1 aromatic carbocycles. The molecule has 1 N–H and O–H groups in total. The Morgan fingerprint density at radius 3 is 2.89 bits per heavy atom. The summed E-state index contributed by atoms with van der Waals surface area (Å²) in [5.41, 5.74) is -0.275. The molecule has 0 bridgehead atoms. The van der Waals surface area contributed by atoms with Gasteiger partial charge in [-0.15, -0.1) is 0 Å². The van der Waals surface area contributed by atoms with E-state index >= 15 is 0 Å². The molecule has 2 atom stereocenters. The number of carbonyl (C=O) groups is 1. The molecule has 2 rings (SSSR count). The molecular weight excluding hydrogens is 240 g/mol. The van der Waals surface area contributed by atoms with Gasteiger partial charge < -0.3 is 10.0 Å². The number of benzene rings is 1. The SMILES string of the molecule is CC1CCN(C(=O)c2cc(F)ccc2F)C1CO. The molecule has 0 saturated carbocycles. The molecule has 0 aromatic heterocycles. The molecule has 2 unspecified atom stereocenters. The average molecular weight is 255 g/mol. The summed E-state index contributed by atoms with van der Waals surface area (Å²) in [4.78, 5) is 13.6. The molecule has 1 fully saturated rings. The maximum atomic E-state index is 13.5. The first-order valence-electron chi connectivity index (χ1n) is 5.91. The highest BCUT2D eigenvalue weighted by Gasteiger charge is 2.35. The smallest absolute Gasteiger partial charge is 0.257 e. The van der Waals surface area contributed by atoms with E-state index in [1.54, 1.807) is 0 Å². The van der Waals surface area contributed by atoms with Gasteiger partial charge in [0, 0.05) is 6.54 Å². The van der Waals surface area contributed by atoms with Crippen molar-refractivity contribution in [2.45, 2.75) is 19.4 Å². The number of halogens is 2. The summed E-state index contributed by atoms with van der Waals surface area (Å²) in [6, 6.07) is 2.49. The minimum Gasteiger partial charge on any atom is -0.394 e. The van der Waals surface area contributed by atoms with Crippen molar-refractivity contribution in [2.75, 3.05) is 13.2 Å². The molecule has 3 nitrogen and oxygen atoms in total. The molecule has 5 heteroatoms. The van der Waals surface area contributed by atoms with Crippen LogP contribution in [0.1, 0.15) is 23.7 Å². The summed E-state index contributed by atoms with van der Waals surface area (Å²) in [6.07, 6.45) is 0.758. The van der Waals surface area contributed by atoms with E-state index in [-0.39, 0.29) is 24.1 Å². The third kappa shape index (κ3) is 2.22. The molecule has 0 spiro atoms. The fourth-order valence-corrected chi connectivity index (χ4v) is 2.35. The number of rotatable bonds is 2. The second-order valence-corrected chi connectivity index (χ2v) is 4.64. The Balaban J connectivity index is 2.28. The molecule has 1 aliphatic rings. The van der Waals surface area contributed by atoms with Gasteiger partial charge in [-0.3, -0.25) is 4.79 Å². The van der Waals surface area contributed by atoms with E-state index in [0.29, 0.717) is 6.54 Å². The number of aliphatic hydroxyl groups excluding tert-OH is 1. The van der Waals surface area contributed by atoms with Crippen LogP contribution in [0.5, 0.6) is 0 Å². The summed E-state index contributed by atoms with van der Waals surface area (Å²) in [5, 5.41) is 9.26. The number of carbonyl (C=O) groups excluding carboxylic acids is 1. The predicted octanol–water partition coefficient (Wildman–Crippen LogP) is 1.81. The van der Waals surface area contributed by atoms with Gasteiger partial charge >= 0.3 is 0 Å². The van der Waals surface area contributed by atoms with E-state index in [1.165, 1.54) is 4.90 Å². The minimum atomic E-state index is -0.738. The Morgan fingerprint density at radius 1 is 1.50 bits per heavy atom. The van der Waals surface area contributed by atoms with Crippen molar-refractivity contribution in [2.24, 2.45) is 5.92 Å². The van der Waals surface area contributed by atoms with Crippen molar-refractivity contribution < 1.29 is 18.7 Å². The number of amides is 1. The minimum absolute atomic E-state index is 0.163. The molecule has 18 heavy (non-hydrogen) atoms. The molecule has 0 radical (unpaired) electrons. The second kappa shape index (κ2) is 5.02. The van der Waals surface area contributed by atoms with Crippen LogP contribution in [0, 0.1) is 17.6 Å². The van der Waals surface area contributed by atoms with Crippen LogP contribution in [-0.2, 0) is 0 Å². The van der Waals surface area contributed by atoms with Gasteiger partial charge in [0.2, 0.25) is 0 Å². The largest absolute Gasteiger partial charge is 0.394 e. The molecule has 98 valence electrons. The highest BCUT2D eigenvalue weighted by Crippen LogP contribution is 2.26. The lowest BCUT2D eigenvalue weighted by Crippen LogP contribution is -2.40. The van der Waals surface area contributed by atoms with Crippen LogP contribution in [0.25, 0.3) is 0 Å². The third-order valence-corrected chi connectivity index (χ3v) is 3.49. The Labute approximate surface area is 104 Å². The highest BCUT2D eigenvalue weighted by molar-refractivity contribution is 5.95. The second-order valence-electron chi connectivity index (χ2n) is 4.64. The first-order chi connectivity index (χ1) is 8.54. The number of hydrogen-bond acceptors (Lipinski definition) is 2. The lowest BCUT2D eigenvalue weighted by molar-refractivity contribution is 0.0643. The number of aliphatic hydroxyl groups is 1. The quantitative estimate of drug-likeness (QED) is 0.875. The fourth-order valence-electron chi connectivity index (χ4n) is 2.35. The zero-order chi connectivity index (χ0) is 13.3. The summed E-state index contributed by atoms with van der Waals surface area (Å²) in [5.74, 6) is -1.78. The van der Waals surface area contributed by atoms with Crippen molar-refractivity contribution in [3.05, 3.63) is 35.4 Å². The lowest BCUT2D eigenvalue weighted by Gasteiger charge is -2.25. The van der Waals surface area contributed by atoms with E-state index in [4.69, 9.17) is 0 Å². The first kappa shape index (κ1) is 13.0. The monoisotopic (exact) mass is 255 g/mol. The number of hydrogen-bond donors (Lipinski definition) is 1. The van der Waals surface area contributed by atoms with Crippen molar-refractivity contribution in [3.63, 3.8) is 0 Å². The summed E-state index contributed by atoms with van der Waals surface area (Å²) in [7, 11) is 0. The summed E-state index contributed by atoms with van der Waals surface area (Å²) < 4.78 is 26.6. The molecule has 1 aromatic rings. The predicted molar refractivity (Wildman–Crippen MR) is 62.0 cm³/mol. The van der Waals surface area contributed by atoms with Crippen LogP contribution >= 0.6 is 0 Å². The standard InChI is InChI=1S/C13H15F2NO2/c1-8-4-5-16(12(8)7-17)13(18)10-6-9(14)2-3-11(10)15/h2-3,6,8,12,17H,4-5,7H2,1H3. The third-order valence-electron chi connectivity index (χ3n) is 3.49. The molecule has 1 amide bonds. The highest BCUT2D eigenvalue weighted by atomic mass is 19.1. The van der Waals surface area contributed by atoms with Gasteiger partial charge in [0.1, 0.15) is 11.6 Å². The molecule has 1 saturated heterocycles. The Kier molecular flexibility index (Phi) is 3.61. The van der Waals surface area contributed by atoms with Crippen LogP contribution in [0.3, 0.4) is 0 Å². The van der Waals surface area contributed by atoms with Gasteiger partial charge in [-0.25, -0.2) is 8.78 Å². The van der Waals surface area contributed by atoms with E-state index in [1.807, 2.05) is 6.92 Å². The number of nitrogens with zero attached hydrogens (tertiary/aromatic N) is 1. The van der Waals surface area contributed by atoms with Crippen LogP contribution in [-0.4, -0.2) is 35.1 Å². The van der Waals surface area contributed by atoms with Gasteiger partial charge in [-0.05, 0) is 30.5 Å².